The molecule has 0 radical (unpaired) electrons. The lowest BCUT2D eigenvalue weighted by Gasteiger charge is -2.40. The summed E-state index contributed by atoms with van der Waals surface area (Å²) in [6.45, 7) is 10.9. The number of aryl methyl sites for hydroxylation is 2. The first-order valence-corrected chi connectivity index (χ1v) is 10.6. The molecule has 0 spiro atoms. The van der Waals surface area contributed by atoms with E-state index in [1.165, 1.54) is 11.1 Å². The Balaban J connectivity index is 1.70. The Bertz CT molecular complexity index is 833. The number of benzene rings is 2. The molecule has 0 amide bonds. The lowest BCUT2D eigenvalue weighted by Crippen LogP contribution is -2.52. The standard InChI is InChI=1S/C25H32O5/c1-16(2)25-28-15-22(27-14-21-13-17(3)11-12-18(21)4)23(30-25)19(5)29-24(26)20-9-7-6-8-10-20/h6-13,16,19,22-23,25H,14-15H2,1-5H3/t19?,22-,23-,25+/m1/s1. The van der Waals surface area contributed by atoms with E-state index in [0.717, 1.165) is 5.56 Å². The van der Waals surface area contributed by atoms with E-state index in [1.54, 1.807) is 12.1 Å². The second kappa shape index (κ2) is 10.2. The van der Waals surface area contributed by atoms with Crippen LogP contribution in [-0.4, -0.2) is 37.2 Å². The van der Waals surface area contributed by atoms with E-state index < -0.39 is 12.2 Å². The number of hydrogen-bond acceptors (Lipinski definition) is 5. The number of carbonyl (C=O) groups excluding carboxylic acids is 1. The van der Waals surface area contributed by atoms with Crippen molar-refractivity contribution in [2.45, 2.75) is 65.8 Å². The molecule has 0 N–H and O–H groups in total. The molecule has 162 valence electrons. The van der Waals surface area contributed by atoms with E-state index in [4.69, 9.17) is 18.9 Å². The molecule has 5 nitrogen and oxygen atoms in total. The normalized spacial score (nSPS) is 22.7. The Morgan fingerprint density at radius 1 is 1.10 bits per heavy atom. The van der Waals surface area contributed by atoms with Crippen LogP contribution >= 0.6 is 0 Å². The van der Waals surface area contributed by atoms with E-state index in [-0.39, 0.29) is 24.3 Å². The van der Waals surface area contributed by atoms with Crippen molar-refractivity contribution in [2.75, 3.05) is 6.61 Å². The molecule has 1 fully saturated rings. The first-order chi connectivity index (χ1) is 14.3. The van der Waals surface area contributed by atoms with Gasteiger partial charge < -0.3 is 18.9 Å². The van der Waals surface area contributed by atoms with Crippen molar-refractivity contribution in [1.82, 2.24) is 0 Å². The minimum Gasteiger partial charge on any atom is -0.456 e. The van der Waals surface area contributed by atoms with E-state index in [2.05, 4.69) is 32.0 Å². The van der Waals surface area contributed by atoms with Crippen LogP contribution in [0.3, 0.4) is 0 Å². The average molecular weight is 413 g/mol. The fraction of sp³-hybridized carbons (Fsp3) is 0.480. The molecule has 3 rings (SSSR count). The average Bonchev–Trinajstić information content (AvgIpc) is 2.74. The Hall–Kier alpha value is -2.21. The van der Waals surface area contributed by atoms with Crippen molar-refractivity contribution in [1.29, 1.82) is 0 Å². The third-order valence-corrected chi connectivity index (χ3v) is 5.35. The van der Waals surface area contributed by atoms with Crippen molar-refractivity contribution < 1.29 is 23.7 Å². The SMILES string of the molecule is Cc1ccc(C)c(CO[C@@H]2CO[C@H](C(C)C)O[C@@H]2C(C)OC(=O)c2ccccc2)c1. The van der Waals surface area contributed by atoms with Gasteiger partial charge in [-0.05, 0) is 44.0 Å². The fourth-order valence-electron chi connectivity index (χ4n) is 3.50. The smallest absolute Gasteiger partial charge is 0.338 e. The number of carbonyl (C=O) groups is 1. The molecular weight excluding hydrogens is 380 g/mol. The molecule has 1 unspecified atom stereocenters. The van der Waals surface area contributed by atoms with Crippen molar-refractivity contribution in [2.24, 2.45) is 5.92 Å². The highest BCUT2D eigenvalue weighted by molar-refractivity contribution is 5.89. The second-order valence-corrected chi connectivity index (χ2v) is 8.30. The molecule has 2 aromatic rings. The maximum Gasteiger partial charge on any atom is 0.338 e. The third kappa shape index (κ3) is 5.69. The van der Waals surface area contributed by atoms with Gasteiger partial charge in [0.15, 0.2) is 6.29 Å². The van der Waals surface area contributed by atoms with Gasteiger partial charge in [0.25, 0.3) is 0 Å². The van der Waals surface area contributed by atoms with Crippen LogP contribution in [0.1, 0.15) is 47.8 Å². The molecule has 30 heavy (non-hydrogen) atoms. The summed E-state index contributed by atoms with van der Waals surface area (Å²) in [5.74, 6) is -0.183. The van der Waals surface area contributed by atoms with Crippen LogP contribution in [0.5, 0.6) is 0 Å². The predicted octanol–water partition coefficient (Wildman–Crippen LogP) is 4.83. The lowest BCUT2D eigenvalue weighted by atomic mass is 10.0. The van der Waals surface area contributed by atoms with Crippen LogP contribution in [0.15, 0.2) is 48.5 Å². The summed E-state index contributed by atoms with van der Waals surface area (Å²) in [5.41, 5.74) is 4.02. The molecule has 5 heteroatoms. The van der Waals surface area contributed by atoms with E-state index in [0.29, 0.717) is 18.8 Å². The van der Waals surface area contributed by atoms with Gasteiger partial charge in [-0.15, -0.1) is 0 Å². The van der Waals surface area contributed by atoms with Gasteiger partial charge in [0.05, 0.1) is 18.8 Å². The zero-order chi connectivity index (χ0) is 21.7. The van der Waals surface area contributed by atoms with Crippen molar-refractivity contribution in [3.8, 4) is 0 Å². The summed E-state index contributed by atoms with van der Waals surface area (Å²) in [7, 11) is 0. The zero-order valence-corrected chi connectivity index (χ0v) is 18.5. The largest absolute Gasteiger partial charge is 0.456 e. The van der Waals surface area contributed by atoms with Crippen LogP contribution in [0, 0.1) is 19.8 Å². The summed E-state index contributed by atoms with van der Waals surface area (Å²) in [6, 6.07) is 15.3. The quantitative estimate of drug-likeness (QED) is 0.610. The van der Waals surface area contributed by atoms with E-state index in [1.807, 2.05) is 39.0 Å². The molecule has 0 aromatic heterocycles. The van der Waals surface area contributed by atoms with Crippen LogP contribution in [0.25, 0.3) is 0 Å². The highest BCUT2D eigenvalue weighted by Crippen LogP contribution is 2.26. The van der Waals surface area contributed by atoms with Gasteiger partial charge in [-0.1, -0.05) is 55.8 Å². The molecule has 2 aromatic carbocycles. The van der Waals surface area contributed by atoms with Crippen LogP contribution in [-0.2, 0) is 25.6 Å². The fourth-order valence-corrected chi connectivity index (χ4v) is 3.50. The number of ether oxygens (including phenoxy) is 4. The van der Waals surface area contributed by atoms with Crippen LogP contribution < -0.4 is 0 Å². The number of hydrogen-bond donors (Lipinski definition) is 0. The third-order valence-electron chi connectivity index (χ3n) is 5.35. The van der Waals surface area contributed by atoms with Crippen molar-refractivity contribution >= 4 is 5.97 Å². The Labute approximate surface area is 179 Å². The zero-order valence-electron chi connectivity index (χ0n) is 18.5. The monoisotopic (exact) mass is 412 g/mol. The van der Waals surface area contributed by atoms with E-state index in [9.17, 15) is 4.79 Å². The summed E-state index contributed by atoms with van der Waals surface area (Å²) in [6.07, 6.45) is -1.58. The molecule has 1 aliphatic heterocycles. The Morgan fingerprint density at radius 2 is 1.83 bits per heavy atom. The summed E-state index contributed by atoms with van der Waals surface area (Å²) >= 11 is 0. The Morgan fingerprint density at radius 3 is 2.53 bits per heavy atom. The molecular formula is C25H32O5. The summed E-state index contributed by atoms with van der Waals surface area (Å²) in [4.78, 5) is 12.5. The first-order valence-electron chi connectivity index (χ1n) is 10.6. The van der Waals surface area contributed by atoms with Gasteiger partial charge in [0.1, 0.15) is 18.3 Å². The first kappa shape index (κ1) is 22.5. The molecule has 0 bridgehead atoms. The van der Waals surface area contributed by atoms with Crippen LogP contribution in [0.2, 0.25) is 0 Å². The summed E-state index contributed by atoms with van der Waals surface area (Å²) < 4.78 is 24.0. The van der Waals surface area contributed by atoms with E-state index >= 15 is 0 Å². The van der Waals surface area contributed by atoms with Crippen molar-refractivity contribution in [3.05, 3.63) is 70.8 Å². The molecule has 1 aliphatic rings. The highest BCUT2D eigenvalue weighted by Gasteiger charge is 2.39. The summed E-state index contributed by atoms with van der Waals surface area (Å²) in [5, 5.41) is 0. The maximum atomic E-state index is 12.5. The number of rotatable bonds is 7. The minimum absolute atomic E-state index is 0.185. The van der Waals surface area contributed by atoms with Gasteiger partial charge in [0.2, 0.25) is 0 Å². The highest BCUT2D eigenvalue weighted by atomic mass is 16.7. The molecule has 1 heterocycles. The molecule has 1 saturated heterocycles. The second-order valence-electron chi connectivity index (χ2n) is 8.30. The van der Waals surface area contributed by atoms with Crippen LogP contribution in [0.4, 0.5) is 0 Å². The molecule has 4 atom stereocenters. The molecule has 0 aliphatic carbocycles. The van der Waals surface area contributed by atoms with Gasteiger partial charge in [-0.3, -0.25) is 0 Å². The molecule has 0 saturated carbocycles. The van der Waals surface area contributed by atoms with Gasteiger partial charge in [-0.25, -0.2) is 4.79 Å². The Kier molecular flexibility index (Phi) is 7.64. The lowest BCUT2D eigenvalue weighted by molar-refractivity contribution is -0.291. The topological polar surface area (TPSA) is 54.0 Å². The number of esters is 1. The minimum atomic E-state index is -0.480. The van der Waals surface area contributed by atoms with Gasteiger partial charge in [0, 0.05) is 5.92 Å². The van der Waals surface area contributed by atoms with Gasteiger partial charge in [-0.2, -0.15) is 0 Å². The van der Waals surface area contributed by atoms with Gasteiger partial charge >= 0.3 is 5.97 Å². The maximum absolute atomic E-state index is 12.5. The predicted molar refractivity (Wildman–Crippen MR) is 115 cm³/mol. The van der Waals surface area contributed by atoms with Crippen molar-refractivity contribution in [3.63, 3.8) is 0 Å².